The van der Waals surface area contributed by atoms with Gasteiger partial charge in [-0.2, -0.15) is 0 Å². The molecule has 0 aromatic heterocycles. The third kappa shape index (κ3) is 4.78. The van der Waals surface area contributed by atoms with E-state index in [1.807, 2.05) is 19.1 Å². The van der Waals surface area contributed by atoms with Crippen LogP contribution in [-0.4, -0.2) is 50.4 Å². The van der Waals surface area contributed by atoms with E-state index in [9.17, 15) is 0 Å². The van der Waals surface area contributed by atoms with Gasteiger partial charge in [0.1, 0.15) is 5.75 Å². The quantitative estimate of drug-likeness (QED) is 0.826. The van der Waals surface area contributed by atoms with E-state index in [4.69, 9.17) is 9.47 Å². The molecule has 0 spiro atoms. The topological polar surface area (TPSA) is 33.7 Å². The average Bonchev–Trinajstić information content (AvgIpc) is 2.48. The number of nitrogens with one attached hydrogen (secondary N) is 1. The molecule has 1 aliphatic rings. The van der Waals surface area contributed by atoms with Gasteiger partial charge < -0.3 is 14.8 Å². The van der Waals surface area contributed by atoms with Crippen LogP contribution in [0.5, 0.6) is 5.75 Å². The lowest BCUT2D eigenvalue weighted by Crippen LogP contribution is -2.46. The molecule has 112 valence electrons. The first kappa shape index (κ1) is 15.3. The summed E-state index contributed by atoms with van der Waals surface area (Å²) in [6.45, 7) is 10.7. The molecule has 2 rings (SSSR count). The predicted molar refractivity (Wildman–Crippen MR) is 81.2 cm³/mol. The standard InChI is InChI=1S/C16H26N2O2/c1-3-18-8-9-20-16(13-18)12-17-11-14-6-5-7-15(10-14)19-4-2/h5-7,10,16-17H,3-4,8-9,11-13H2,1-2H3. The molecule has 4 heteroatoms. The van der Waals surface area contributed by atoms with E-state index in [1.165, 1.54) is 5.56 Å². The molecule has 1 aromatic rings. The largest absolute Gasteiger partial charge is 0.494 e. The predicted octanol–water partition coefficient (Wildman–Crippen LogP) is 1.90. The van der Waals surface area contributed by atoms with Crippen LogP contribution < -0.4 is 10.1 Å². The Balaban J connectivity index is 1.73. The Bertz CT molecular complexity index is 398. The van der Waals surface area contributed by atoms with E-state index < -0.39 is 0 Å². The maximum absolute atomic E-state index is 5.78. The van der Waals surface area contributed by atoms with Crippen LogP contribution in [-0.2, 0) is 11.3 Å². The van der Waals surface area contributed by atoms with E-state index in [1.54, 1.807) is 0 Å². The molecule has 1 atom stereocenters. The molecule has 0 amide bonds. The summed E-state index contributed by atoms with van der Waals surface area (Å²) in [5.74, 6) is 0.942. The molecular weight excluding hydrogens is 252 g/mol. The zero-order valence-electron chi connectivity index (χ0n) is 12.6. The van der Waals surface area contributed by atoms with Crippen LogP contribution in [0.2, 0.25) is 0 Å². The third-order valence-corrected chi connectivity index (χ3v) is 3.58. The maximum atomic E-state index is 5.78. The molecule has 1 N–H and O–H groups in total. The highest BCUT2D eigenvalue weighted by Gasteiger charge is 2.18. The van der Waals surface area contributed by atoms with Gasteiger partial charge in [0.25, 0.3) is 0 Å². The van der Waals surface area contributed by atoms with Crippen LogP contribution in [0.3, 0.4) is 0 Å². The van der Waals surface area contributed by atoms with Crippen LogP contribution in [0, 0.1) is 0 Å². The second kappa shape index (κ2) is 8.25. The molecule has 1 fully saturated rings. The molecule has 0 bridgehead atoms. The highest BCUT2D eigenvalue weighted by atomic mass is 16.5. The van der Waals surface area contributed by atoms with Gasteiger partial charge >= 0.3 is 0 Å². The fourth-order valence-corrected chi connectivity index (χ4v) is 2.48. The molecular formula is C16H26N2O2. The van der Waals surface area contributed by atoms with E-state index in [2.05, 4.69) is 29.3 Å². The van der Waals surface area contributed by atoms with Gasteiger partial charge in [-0.05, 0) is 31.2 Å². The molecule has 1 aliphatic heterocycles. The molecule has 0 saturated carbocycles. The summed E-state index contributed by atoms with van der Waals surface area (Å²) in [7, 11) is 0. The molecule has 0 aliphatic carbocycles. The fraction of sp³-hybridized carbons (Fsp3) is 0.625. The van der Waals surface area contributed by atoms with Gasteiger partial charge in [-0.1, -0.05) is 19.1 Å². The average molecular weight is 278 g/mol. The Hall–Kier alpha value is -1.10. The van der Waals surface area contributed by atoms with Crippen molar-refractivity contribution in [3.05, 3.63) is 29.8 Å². The third-order valence-electron chi connectivity index (χ3n) is 3.58. The first-order valence-electron chi connectivity index (χ1n) is 7.58. The number of ether oxygens (including phenoxy) is 2. The number of morpholine rings is 1. The number of hydrogen-bond donors (Lipinski definition) is 1. The summed E-state index contributed by atoms with van der Waals surface area (Å²) in [6, 6.07) is 8.25. The summed E-state index contributed by atoms with van der Waals surface area (Å²) in [4.78, 5) is 2.44. The van der Waals surface area contributed by atoms with Gasteiger partial charge in [-0.3, -0.25) is 4.90 Å². The minimum atomic E-state index is 0.304. The lowest BCUT2D eigenvalue weighted by molar-refractivity contribution is -0.0253. The minimum Gasteiger partial charge on any atom is -0.494 e. The summed E-state index contributed by atoms with van der Waals surface area (Å²) in [5, 5.41) is 3.48. The van der Waals surface area contributed by atoms with Crippen molar-refractivity contribution in [2.45, 2.75) is 26.5 Å². The Morgan fingerprint density at radius 1 is 1.40 bits per heavy atom. The number of benzene rings is 1. The smallest absolute Gasteiger partial charge is 0.119 e. The van der Waals surface area contributed by atoms with Gasteiger partial charge in [-0.15, -0.1) is 0 Å². The van der Waals surface area contributed by atoms with Crippen LogP contribution in [0.15, 0.2) is 24.3 Å². The van der Waals surface area contributed by atoms with Crippen molar-refractivity contribution in [1.29, 1.82) is 0 Å². The van der Waals surface area contributed by atoms with Crippen molar-refractivity contribution in [3.8, 4) is 5.75 Å². The number of rotatable bonds is 7. The Kier molecular flexibility index (Phi) is 6.30. The van der Waals surface area contributed by atoms with Gasteiger partial charge in [-0.25, -0.2) is 0 Å². The van der Waals surface area contributed by atoms with E-state index in [-0.39, 0.29) is 0 Å². The van der Waals surface area contributed by atoms with Crippen LogP contribution >= 0.6 is 0 Å². The summed E-state index contributed by atoms with van der Waals surface area (Å²) >= 11 is 0. The Labute approximate surface area is 122 Å². The van der Waals surface area contributed by atoms with Crippen molar-refractivity contribution in [1.82, 2.24) is 10.2 Å². The fourth-order valence-electron chi connectivity index (χ4n) is 2.48. The van der Waals surface area contributed by atoms with Crippen molar-refractivity contribution >= 4 is 0 Å². The van der Waals surface area contributed by atoms with E-state index in [0.29, 0.717) is 12.7 Å². The van der Waals surface area contributed by atoms with Crippen LogP contribution in [0.1, 0.15) is 19.4 Å². The van der Waals surface area contributed by atoms with Crippen molar-refractivity contribution in [2.24, 2.45) is 0 Å². The first-order chi connectivity index (χ1) is 9.81. The Morgan fingerprint density at radius 3 is 3.10 bits per heavy atom. The molecule has 1 heterocycles. The molecule has 0 radical (unpaired) electrons. The number of hydrogen-bond acceptors (Lipinski definition) is 4. The zero-order chi connectivity index (χ0) is 14.2. The molecule has 1 aromatic carbocycles. The highest BCUT2D eigenvalue weighted by molar-refractivity contribution is 5.28. The SMILES string of the molecule is CCOc1cccc(CNCC2CN(CC)CCO2)c1. The summed E-state index contributed by atoms with van der Waals surface area (Å²) in [5.41, 5.74) is 1.25. The first-order valence-corrected chi connectivity index (χ1v) is 7.58. The summed E-state index contributed by atoms with van der Waals surface area (Å²) < 4.78 is 11.3. The van der Waals surface area contributed by atoms with Crippen LogP contribution in [0.4, 0.5) is 0 Å². The van der Waals surface area contributed by atoms with E-state index >= 15 is 0 Å². The number of likely N-dealkylation sites (N-methyl/N-ethyl adjacent to an activating group) is 1. The Morgan fingerprint density at radius 2 is 2.30 bits per heavy atom. The second-order valence-corrected chi connectivity index (χ2v) is 5.10. The van der Waals surface area contributed by atoms with Crippen molar-refractivity contribution in [3.63, 3.8) is 0 Å². The van der Waals surface area contributed by atoms with Crippen molar-refractivity contribution in [2.75, 3.05) is 39.4 Å². The lowest BCUT2D eigenvalue weighted by atomic mass is 10.2. The zero-order valence-corrected chi connectivity index (χ0v) is 12.6. The maximum Gasteiger partial charge on any atom is 0.119 e. The molecule has 1 unspecified atom stereocenters. The van der Waals surface area contributed by atoms with Crippen LogP contribution in [0.25, 0.3) is 0 Å². The normalized spacial score (nSPS) is 20.0. The van der Waals surface area contributed by atoms with E-state index in [0.717, 1.165) is 45.1 Å². The van der Waals surface area contributed by atoms with Gasteiger partial charge in [0.15, 0.2) is 0 Å². The van der Waals surface area contributed by atoms with Gasteiger partial charge in [0.2, 0.25) is 0 Å². The second-order valence-electron chi connectivity index (χ2n) is 5.10. The summed E-state index contributed by atoms with van der Waals surface area (Å²) in [6.07, 6.45) is 0.304. The highest BCUT2D eigenvalue weighted by Crippen LogP contribution is 2.13. The monoisotopic (exact) mass is 278 g/mol. The van der Waals surface area contributed by atoms with Crippen molar-refractivity contribution < 1.29 is 9.47 Å². The van der Waals surface area contributed by atoms with Gasteiger partial charge in [0, 0.05) is 26.2 Å². The van der Waals surface area contributed by atoms with Gasteiger partial charge in [0.05, 0.1) is 19.3 Å². The molecule has 4 nitrogen and oxygen atoms in total. The molecule has 1 saturated heterocycles. The molecule has 20 heavy (non-hydrogen) atoms. The number of nitrogens with zero attached hydrogens (tertiary/aromatic N) is 1. The minimum absolute atomic E-state index is 0.304. The lowest BCUT2D eigenvalue weighted by Gasteiger charge is -2.32.